The molecule has 56 valence electrons. The SMILES string of the molecule is CCNOCCC(C)C. The van der Waals surface area contributed by atoms with Crippen LogP contribution < -0.4 is 5.48 Å². The van der Waals surface area contributed by atoms with Crippen molar-refractivity contribution in [2.75, 3.05) is 13.2 Å². The summed E-state index contributed by atoms with van der Waals surface area (Å²) in [6.07, 6.45) is 1.13. The molecule has 0 spiro atoms. The molecule has 0 fully saturated rings. The van der Waals surface area contributed by atoms with Crippen LogP contribution in [0.5, 0.6) is 0 Å². The van der Waals surface area contributed by atoms with E-state index in [4.69, 9.17) is 4.84 Å². The normalized spacial score (nSPS) is 10.7. The Balaban J connectivity index is 2.75. The molecule has 0 bridgehead atoms. The first-order valence-corrected chi connectivity index (χ1v) is 3.62. The molecule has 0 radical (unpaired) electrons. The lowest BCUT2D eigenvalue weighted by Crippen LogP contribution is -2.15. The molecule has 0 aliphatic rings. The van der Waals surface area contributed by atoms with Crippen molar-refractivity contribution in [2.24, 2.45) is 5.92 Å². The zero-order valence-electron chi connectivity index (χ0n) is 6.61. The molecule has 0 aromatic carbocycles. The number of hydroxylamine groups is 1. The monoisotopic (exact) mass is 131 g/mol. The van der Waals surface area contributed by atoms with E-state index in [0.717, 1.165) is 25.5 Å². The second kappa shape index (κ2) is 6.05. The number of hydrogen-bond acceptors (Lipinski definition) is 2. The van der Waals surface area contributed by atoms with Crippen LogP contribution in [-0.2, 0) is 4.84 Å². The van der Waals surface area contributed by atoms with E-state index in [2.05, 4.69) is 19.3 Å². The quantitative estimate of drug-likeness (QED) is 0.451. The van der Waals surface area contributed by atoms with Crippen molar-refractivity contribution in [3.05, 3.63) is 0 Å². The molecule has 0 aromatic heterocycles. The van der Waals surface area contributed by atoms with Gasteiger partial charge < -0.3 is 4.84 Å². The van der Waals surface area contributed by atoms with Gasteiger partial charge in [0.15, 0.2) is 0 Å². The molecule has 0 saturated carbocycles. The van der Waals surface area contributed by atoms with Gasteiger partial charge in [-0.25, -0.2) is 5.48 Å². The number of nitrogens with one attached hydrogen (secondary N) is 1. The lowest BCUT2D eigenvalue weighted by Gasteiger charge is -2.04. The molecule has 0 aliphatic heterocycles. The highest BCUT2D eigenvalue weighted by molar-refractivity contribution is 4.40. The van der Waals surface area contributed by atoms with Crippen LogP contribution in [0.15, 0.2) is 0 Å². The fourth-order valence-corrected chi connectivity index (χ4v) is 0.469. The molecule has 1 N–H and O–H groups in total. The summed E-state index contributed by atoms with van der Waals surface area (Å²) in [5.74, 6) is 0.739. The van der Waals surface area contributed by atoms with Crippen molar-refractivity contribution < 1.29 is 4.84 Å². The van der Waals surface area contributed by atoms with Gasteiger partial charge in [0.25, 0.3) is 0 Å². The van der Waals surface area contributed by atoms with Gasteiger partial charge >= 0.3 is 0 Å². The van der Waals surface area contributed by atoms with Crippen LogP contribution in [0.2, 0.25) is 0 Å². The predicted octanol–water partition coefficient (Wildman–Crippen LogP) is 1.57. The molecule has 0 saturated heterocycles. The Morgan fingerprint density at radius 2 is 2.11 bits per heavy atom. The Hall–Kier alpha value is -0.0800. The average molecular weight is 131 g/mol. The molecular weight excluding hydrogens is 114 g/mol. The Kier molecular flexibility index (Phi) is 5.99. The highest BCUT2D eigenvalue weighted by Crippen LogP contribution is 1.97. The van der Waals surface area contributed by atoms with Crippen LogP contribution >= 0.6 is 0 Å². The van der Waals surface area contributed by atoms with E-state index in [1.54, 1.807) is 0 Å². The van der Waals surface area contributed by atoms with Crippen molar-refractivity contribution in [3.8, 4) is 0 Å². The Morgan fingerprint density at radius 3 is 2.56 bits per heavy atom. The third-order valence-electron chi connectivity index (χ3n) is 1.04. The standard InChI is InChI=1S/C7H17NO/c1-4-8-9-6-5-7(2)3/h7-8H,4-6H2,1-3H3. The topological polar surface area (TPSA) is 21.3 Å². The molecular formula is C7H17NO. The Bertz CT molecular complexity index is 54.9. The predicted molar refractivity (Wildman–Crippen MR) is 39.1 cm³/mol. The van der Waals surface area contributed by atoms with Crippen molar-refractivity contribution in [3.63, 3.8) is 0 Å². The summed E-state index contributed by atoms with van der Waals surface area (Å²) in [5.41, 5.74) is 2.80. The van der Waals surface area contributed by atoms with Crippen molar-refractivity contribution in [2.45, 2.75) is 27.2 Å². The summed E-state index contributed by atoms with van der Waals surface area (Å²) in [4.78, 5) is 5.04. The largest absolute Gasteiger partial charge is 0.302 e. The summed E-state index contributed by atoms with van der Waals surface area (Å²) in [6, 6.07) is 0. The first-order valence-electron chi connectivity index (χ1n) is 3.62. The van der Waals surface area contributed by atoms with E-state index >= 15 is 0 Å². The minimum atomic E-state index is 0.739. The molecule has 0 aromatic rings. The van der Waals surface area contributed by atoms with Gasteiger partial charge in [0.05, 0.1) is 6.61 Å². The van der Waals surface area contributed by atoms with Gasteiger partial charge in [-0.05, 0) is 12.3 Å². The Morgan fingerprint density at radius 1 is 1.44 bits per heavy atom. The maximum Gasteiger partial charge on any atom is 0.0684 e. The smallest absolute Gasteiger partial charge is 0.0684 e. The highest BCUT2D eigenvalue weighted by atomic mass is 16.6. The summed E-state index contributed by atoms with van der Waals surface area (Å²) in [7, 11) is 0. The molecule has 0 amide bonds. The van der Waals surface area contributed by atoms with Crippen LogP contribution in [-0.4, -0.2) is 13.2 Å². The van der Waals surface area contributed by atoms with Crippen LogP contribution in [0.1, 0.15) is 27.2 Å². The van der Waals surface area contributed by atoms with E-state index in [1.807, 2.05) is 6.92 Å². The molecule has 0 rings (SSSR count). The van der Waals surface area contributed by atoms with Crippen LogP contribution in [0.3, 0.4) is 0 Å². The number of hydrogen-bond donors (Lipinski definition) is 1. The van der Waals surface area contributed by atoms with Crippen molar-refractivity contribution in [1.82, 2.24) is 5.48 Å². The molecule has 0 unspecified atom stereocenters. The van der Waals surface area contributed by atoms with Gasteiger partial charge in [-0.1, -0.05) is 20.8 Å². The van der Waals surface area contributed by atoms with E-state index < -0.39 is 0 Å². The van der Waals surface area contributed by atoms with E-state index in [-0.39, 0.29) is 0 Å². The molecule has 2 heteroatoms. The summed E-state index contributed by atoms with van der Waals surface area (Å²) in [5, 5.41) is 0. The van der Waals surface area contributed by atoms with Gasteiger partial charge in [0.1, 0.15) is 0 Å². The van der Waals surface area contributed by atoms with Gasteiger partial charge in [0.2, 0.25) is 0 Å². The molecule has 2 nitrogen and oxygen atoms in total. The average Bonchev–Trinajstić information content (AvgIpc) is 1.80. The summed E-state index contributed by atoms with van der Waals surface area (Å²) >= 11 is 0. The third-order valence-corrected chi connectivity index (χ3v) is 1.04. The minimum absolute atomic E-state index is 0.739. The minimum Gasteiger partial charge on any atom is -0.302 e. The van der Waals surface area contributed by atoms with Crippen molar-refractivity contribution in [1.29, 1.82) is 0 Å². The van der Waals surface area contributed by atoms with Gasteiger partial charge in [-0.3, -0.25) is 0 Å². The lowest BCUT2D eigenvalue weighted by molar-refractivity contribution is 0.0378. The zero-order valence-corrected chi connectivity index (χ0v) is 6.61. The fourth-order valence-electron chi connectivity index (χ4n) is 0.469. The Labute approximate surface area is 57.5 Å². The van der Waals surface area contributed by atoms with E-state index in [9.17, 15) is 0 Å². The summed E-state index contributed by atoms with van der Waals surface area (Å²) < 4.78 is 0. The highest BCUT2D eigenvalue weighted by Gasteiger charge is 1.91. The molecule has 0 aliphatic carbocycles. The fraction of sp³-hybridized carbons (Fsp3) is 1.00. The van der Waals surface area contributed by atoms with Gasteiger partial charge in [-0.2, -0.15) is 0 Å². The molecule has 0 atom stereocenters. The van der Waals surface area contributed by atoms with Crippen LogP contribution in [0, 0.1) is 5.92 Å². The summed E-state index contributed by atoms with van der Waals surface area (Å²) in [6.45, 7) is 8.11. The second-order valence-electron chi connectivity index (χ2n) is 2.53. The number of rotatable bonds is 5. The third kappa shape index (κ3) is 7.92. The maximum atomic E-state index is 5.04. The van der Waals surface area contributed by atoms with Crippen LogP contribution in [0.25, 0.3) is 0 Å². The maximum absolute atomic E-state index is 5.04. The first-order chi connectivity index (χ1) is 4.27. The van der Waals surface area contributed by atoms with E-state index in [1.165, 1.54) is 0 Å². The lowest BCUT2D eigenvalue weighted by atomic mass is 10.1. The molecule has 9 heavy (non-hydrogen) atoms. The van der Waals surface area contributed by atoms with Gasteiger partial charge in [0, 0.05) is 6.54 Å². The second-order valence-corrected chi connectivity index (χ2v) is 2.53. The van der Waals surface area contributed by atoms with E-state index in [0.29, 0.717) is 0 Å². The van der Waals surface area contributed by atoms with Crippen LogP contribution in [0.4, 0.5) is 0 Å². The van der Waals surface area contributed by atoms with Crippen molar-refractivity contribution >= 4 is 0 Å². The first kappa shape index (κ1) is 8.92. The van der Waals surface area contributed by atoms with Gasteiger partial charge in [-0.15, -0.1) is 0 Å². The zero-order chi connectivity index (χ0) is 7.11. The molecule has 0 heterocycles.